The smallest absolute Gasteiger partial charge is 0.401 e. The molecule has 0 spiro atoms. The largest absolute Gasteiger partial charge is 0.433 e. The lowest BCUT2D eigenvalue weighted by atomic mass is 10.1. The zero-order valence-corrected chi connectivity index (χ0v) is 13.6. The van der Waals surface area contributed by atoms with Gasteiger partial charge in [0.2, 0.25) is 0 Å². The van der Waals surface area contributed by atoms with Crippen LogP contribution in [0, 0.1) is 10.1 Å². The van der Waals surface area contributed by atoms with Crippen LogP contribution in [-0.2, 0) is 11.2 Å². The second-order valence-electron chi connectivity index (χ2n) is 5.11. The standard InChI is InChI=1S/C16H15N3O4S/c1-2-10-3-5-11(6-4-10)17-16-18-15(20)13(24-16)9-12-7-8-14(23-12)19(21)22/h3-9,16-17H,2H2,1H3,(H,18,20)/b13-9-/t16-/m0/s1. The normalized spacial score (nSPS) is 18.6. The van der Waals surface area contributed by atoms with Gasteiger partial charge >= 0.3 is 5.88 Å². The first-order valence-electron chi connectivity index (χ1n) is 7.34. The number of anilines is 1. The highest BCUT2D eigenvalue weighted by Gasteiger charge is 2.27. The van der Waals surface area contributed by atoms with Gasteiger partial charge in [-0.15, -0.1) is 0 Å². The Hall–Kier alpha value is -2.74. The molecular weight excluding hydrogens is 330 g/mol. The molecule has 1 saturated heterocycles. The van der Waals surface area contributed by atoms with E-state index in [9.17, 15) is 14.9 Å². The zero-order chi connectivity index (χ0) is 17.1. The summed E-state index contributed by atoms with van der Waals surface area (Å²) in [6, 6.07) is 10.7. The van der Waals surface area contributed by atoms with Gasteiger partial charge in [-0.2, -0.15) is 0 Å². The molecule has 124 valence electrons. The fourth-order valence-electron chi connectivity index (χ4n) is 2.20. The summed E-state index contributed by atoms with van der Waals surface area (Å²) in [4.78, 5) is 22.4. The number of aryl methyl sites for hydroxylation is 1. The quantitative estimate of drug-likeness (QED) is 0.490. The Kier molecular flexibility index (Phi) is 4.57. The Morgan fingerprint density at radius 3 is 2.71 bits per heavy atom. The van der Waals surface area contributed by atoms with E-state index >= 15 is 0 Å². The third-order valence-electron chi connectivity index (χ3n) is 3.46. The number of carbonyl (C=O) groups is 1. The number of nitrogens with zero attached hydrogens (tertiary/aromatic N) is 1. The lowest BCUT2D eigenvalue weighted by Crippen LogP contribution is -2.30. The van der Waals surface area contributed by atoms with Crippen LogP contribution in [0.4, 0.5) is 11.6 Å². The van der Waals surface area contributed by atoms with E-state index in [1.807, 2.05) is 24.3 Å². The van der Waals surface area contributed by atoms with Crippen molar-refractivity contribution < 1.29 is 14.1 Å². The van der Waals surface area contributed by atoms with Crippen LogP contribution >= 0.6 is 11.8 Å². The van der Waals surface area contributed by atoms with Gasteiger partial charge in [0.1, 0.15) is 10.7 Å². The topological polar surface area (TPSA) is 97.4 Å². The van der Waals surface area contributed by atoms with Crippen molar-refractivity contribution in [1.29, 1.82) is 0 Å². The molecule has 3 rings (SSSR count). The average molecular weight is 345 g/mol. The summed E-state index contributed by atoms with van der Waals surface area (Å²) in [6.07, 6.45) is 2.46. The third-order valence-corrected chi connectivity index (χ3v) is 4.49. The van der Waals surface area contributed by atoms with E-state index in [-0.39, 0.29) is 23.0 Å². The molecule has 1 atom stereocenters. The van der Waals surface area contributed by atoms with Crippen LogP contribution in [-0.4, -0.2) is 16.3 Å². The number of nitrogens with one attached hydrogen (secondary N) is 2. The minimum absolute atomic E-state index is 0.248. The van der Waals surface area contributed by atoms with Gasteiger partial charge in [-0.25, -0.2) is 0 Å². The molecule has 0 unspecified atom stereocenters. The predicted molar refractivity (Wildman–Crippen MR) is 92.3 cm³/mol. The molecule has 8 heteroatoms. The van der Waals surface area contributed by atoms with Gasteiger partial charge in [-0.05, 0) is 30.2 Å². The van der Waals surface area contributed by atoms with Crippen molar-refractivity contribution in [2.45, 2.75) is 18.8 Å². The molecule has 1 amide bonds. The van der Waals surface area contributed by atoms with Crippen molar-refractivity contribution in [2.75, 3.05) is 5.32 Å². The minimum atomic E-state index is -0.617. The second kappa shape index (κ2) is 6.79. The molecule has 0 aliphatic carbocycles. The number of thioether (sulfide) groups is 1. The number of hydrogen-bond donors (Lipinski definition) is 2. The number of benzene rings is 1. The highest BCUT2D eigenvalue weighted by Crippen LogP contribution is 2.31. The van der Waals surface area contributed by atoms with Gasteiger partial charge < -0.3 is 15.1 Å². The van der Waals surface area contributed by atoms with Gasteiger partial charge in [0.05, 0.1) is 11.0 Å². The van der Waals surface area contributed by atoms with E-state index in [1.165, 1.54) is 35.5 Å². The third kappa shape index (κ3) is 3.60. The van der Waals surface area contributed by atoms with Gasteiger partial charge in [0.25, 0.3) is 5.91 Å². The molecule has 0 radical (unpaired) electrons. The summed E-state index contributed by atoms with van der Waals surface area (Å²) in [5.74, 6) is -0.329. The first-order chi connectivity index (χ1) is 11.5. The van der Waals surface area contributed by atoms with E-state index in [4.69, 9.17) is 4.42 Å². The summed E-state index contributed by atoms with van der Waals surface area (Å²) in [5, 5.41) is 16.6. The van der Waals surface area contributed by atoms with Gasteiger partial charge in [0.15, 0.2) is 5.50 Å². The Labute approximate surface area is 142 Å². The lowest BCUT2D eigenvalue weighted by molar-refractivity contribution is -0.402. The highest BCUT2D eigenvalue weighted by atomic mass is 32.2. The van der Waals surface area contributed by atoms with E-state index in [1.54, 1.807) is 0 Å². The predicted octanol–water partition coefficient (Wildman–Crippen LogP) is 3.35. The van der Waals surface area contributed by atoms with Crippen molar-refractivity contribution in [3.8, 4) is 0 Å². The maximum absolute atomic E-state index is 12.0. The minimum Gasteiger partial charge on any atom is -0.401 e. The van der Waals surface area contributed by atoms with Crippen LogP contribution in [0.15, 0.2) is 45.7 Å². The molecule has 1 fully saturated rings. The van der Waals surface area contributed by atoms with Crippen LogP contribution in [0.25, 0.3) is 6.08 Å². The van der Waals surface area contributed by atoms with Gasteiger partial charge in [0, 0.05) is 11.8 Å². The molecule has 24 heavy (non-hydrogen) atoms. The number of nitro groups is 1. The van der Waals surface area contributed by atoms with Crippen molar-refractivity contribution >= 4 is 35.3 Å². The molecule has 1 aliphatic heterocycles. The number of hydrogen-bond acceptors (Lipinski definition) is 6. The SMILES string of the molecule is CCc1ccc(N[C@H]2NC(=O)/C(=C/c3ccc([N+](=O)[O-])o3)S2)cc1. The first-order valence-corrected chi connectivity index (χ1v) is 8.22. The Bertz CT molecular complexity index is 798. The summed E-state index contributed by atoms with van der Waals surface area (Å²) in [7, 11) is 0. The van der Waals surface area contributed by atoms with Crippen LogP contribution in [0.5, 0.6) is 0 Å². The molecular formula is C16H15N3O4S. The molecule has 1 aromatic carbocycles. The molecule has 0 bridgehead atoms. The summed E-state index contributed by atoms with van der Waals surface area (Å²) in [5.41, 5.74) is 1.84. The molecule has 2 aromatic rings. The maximum Gasteiger partial charge on any atom is 0.433 e. The summed E-state index contributed by atoms with van der Waals surface area (Å²) < 4.78 is 5.05. The number of carbonyl (C=O) groups excluding carboxylic acids is 1. The van der Waals surface area contributed by atoms with Crippen LogP contribution in [0.1, 0.15) is 18.2 Å². The number of amides is 1. The van der Waals surface area contributed by atoms with E-state index < -0.39 is 4.92 Å². The summed E-state index contributed by atoms with van der Waals surface area (Å²) in [6.45, 7) is 2.09. The first kappa shape index (κ1) is 16.1. The van der Waals surface area contributed by atoms with Gasteiger partial charge in [-0.3, -0.25) is 14.9 Å². The summed E-state index contributed by atoms with van der Waals surface area (Å²) >= 11 is 1.30. The Morgan fingerprint density at radius 2 is 2.08 bits per heavy atom. The van der Waals surface area contributed by atoms with Gasteiger partial charge in [-0.1, -0.05) is 30.8 Å². The van der Waals surface area contributed by atoms with E-state index in [0.29, 0.717) is 4.91 Å². The van der Waals surface area contributed by atoms with Crippen LogP contribution in [0.3, 0.4) is 0 Å². The van der Waals surface area contributed by atoms with E-state index in [0.717, 1.165) is 12.1 Å². The van der Waals surface area contributed by atoms with Crippen molar-refractivity contribution in [3.05, 3.63) is 62.7 Å². The fraction of sp³-hybridized carbons (Fsp3) is 0.188. The van der Waals surface area contributed by atoms with Crippen molar-refractivity contribution in [2.24, 2.45) is 0 Å². The highest BCUT2D eigenvalue weighted by molar-refractivity contribution is 8.05. The fourth-order valence-corrected chi connectivity index (χ4v) is 3.17. The number of rotatable bonds is 5. The maximum atomic E-state index is 12.0. The molecule has 2 N–H and O–H groups in total. The lowest BCUT2D eigenvalue weighted by Gasteiger charge is -2.12. The van der Waals surface area contributed by atoms with E-state index in [2.05, 4.69) is 17.6 Å². The zero-order valence-electron chi connectivity index (χ0n) is 12.8. The molecule has 1 aromatic heterocycles. The number of furan rings is 1. The van der Waals surface area contributed by atoms with Crippen molar-refractivity contribution in [1.82, 2.24) is 5.32 Å². The molecule has 1 aliphatic rings. The van der Waals surface area contributed by atoms with Crippen LogP contribution in [0.2, 0.25) is 0 Å². The monoisotopic (exact) mass is 345 g/mol. The molecule has 0 saturated carbocycles. The Balaban J connectivity index is 1.68. The Morgan fingerprint density at radius 1 is 1.33 bits per heavy atom. The average Bonchev–Trinajstić information content (AvgIpc) is 3.16. The molecule has 7 nitrogen and oxygen atoms in total. The molecule has 2 heterocycles. The van der Waals surface area contributed by atoms with Crippen molar-refractivity contribution in [3.63, 3.8) is 0 Å². The second-order valence-corrected chi connectivity index (χ2v) is 6.25. The van der Waals surface area contributed by atoms with Crippen LogP contribution < -0.4 is 10.6 Å².